The largest absolute Gasteiger partial charge is 0.493 e. The maximum Gasteiger partial charge on any atom is 0.206 e. The first kappa shape index (κ1) is 18.1. The highest BCUT2D eigenvalue weighted by atomic mass is 16.8. The lowest BCUT2D eigenvalue weighted by Gasteiger charge is -2.44. The van der Waals surface area contributed by atoms with Crippen molar-refractivity contribution in [3.05, 3.63) is 23.3 Å². The lowest BCUT2D eigenvalue weighted by molar-refractivity contribution is -0.226. The lowest BCUT2D eigenvalue weighted by Crippen LogP contribution is -2.57. The Morgan fingerprint density at radius 3 is 2.73 bits per heavy atom. The van der Waals surface area contributed by atoms with Gasteiger partial charge in [0, 0.05) is 17.4 Å². The third kappa shape index (κ3) is 2.40. The van der Waals surface area contributed by atoms with Crippen LogP contribution in [0.15, 0.2) is 12.1 Å². The van der Waals surface area contributed by atoms with Gasteiger partial charge in [-0.2, -0.15) is 0 Å². The van der Waals surface area contributed by atoms with Crippen LogP contribution in [0.4, 0.5) is 0 Å². The highest BCUT2D eigenvalue weighted by Gasteiger charge is 2.64. The van der Waals surface area contributed by atoms with Crippen LogP contribution in [-0.4, -0.2) is 45.8 Å². The van der Waals surface area contributed by atoms with Crippen molar-refractivity contribution in [3.8, 4) is 11.5 Å². The van der Waals surface area contributed by atoms with E-state index in [4.69, 9.17) is 18.9 Å². The van der Waals surface area contributed by atoms with Crippen LogP contribution < -0.4 is 14.8 Å². The first-order chi connectivity index (χ1) is 12.6. The zero-order chi connectivity index (χ0) is 18.4. The van der Waals surface area contributed by atoms with Crippen LogP contribution in [-0.2, 0) is 14.9 Å². The molecule has 3 aliphatic rings. The van der Waals surface area contributed by atoms with E-state index in [9.17, 15) is 0 Å². The third-order valence-corrected chi connectivity index (χ3v) is 6.72. The average Bonchev–Trinajstić information content (AvgIpc) is 3.22. The molecule has 3 unspecified atom stereocenters. The van der Waals surface area contributed by atoms with Gasteiger partial charge in [0.05, 0.1) is 20.3 Å². The normalized spacial score (nSPS) is 32.0. The molecule has 4 rings (SSSR count). The summed E-state index contributed by atoms with van der Waals surface area (Å²) < 4.78 is 24.9. The Morgan fingerprint density at radius 1 is 1.27 bits per heavy atom. The minimum Gasteiger partial charge on any atom is -0.493 e. The molecule has 1 N–H and O–H groups in total. The Morgan fingerprint density at radius 2 is 2.04 bits per heavy atom. The van der Waals surface area contributed by atoms with Crippen LogP contribution in [0.3, 0.4) is 0 Å². The monoisotopic (exact) mass is 361 g/mol. The minimum atomic E-state index is -0.644. The van der Waals surface area contributed by atoms with Crippen molar-refractivity contribution in [1.82, 2.24) is 5.32 Å². The Hall–Kier alpha value is -1.30. The zero-order valence-corrected chi connectivity index (χ0v) is 16.4. The fourth-order valence-corrected chi connectivity index (χ4v) is 5.50. The molecular formula is C21H31NO4. The fraction of sp³-hybridized carbons (Fsp3) is 0.714. The van der Waals surface area contributed by atoms with E-state index in [-0.39, 0.29) is 11.5 Å². The van der Waals surface area contributed by atoms with Gasteiger partial charge in [0.1, 0.15) is 0 Å². The number of fused-ring (bicyclic) bond motifs is 4. The summed E-state index contributed by atoms with van der Waals surface area (Å²) in [5.74, 6) is 1.53. The molecule has 1 aliphatic carbocycles. The summed E-state index contributed by atoms with van der Waals surface area (Å²) in [5, 5.41) is 3.35. The van der Waals surface area contributed by atoms with E-state index in [2.05, 4.69) is 25.2 Å². The molecule has 1 aromatic carbocycles. The number of hydrogen-bond donors (Lipinski definition) is 1. The van der Waals surface area contributed by atoms with Gasteiger partial charge in [-0.25, -0.2) is 0 Å². The average molecular weight is 361 g/mol. The molecule has 1 spiro atoms. The molecule has 2 heterocycles. The van der Waals surface area contributed by atoms with Crippen molar-refractivity contribution in [2.45, 2.75) is 56.8 Å². The summed E-state index contributed by atoms with van der Waals surface area (Å²) in [6, 6.07) is 4.17. The summed E-state index contributed by atoms with van der Waals surface area (Å²) in [7, 11) is 3.73. The van der Waals surface area contributed by atoms with Crippen LogP contribution in [0.25, 0.3) is 0 Å². The van der Waals surface area contributed by atoms with Crippen LogP contribution in [0, 0.1) is 12.8 Å². The number of benzene rings is 1. The second-order valence-corrected chi connectivity index (χ2v) is 7.98. The number of methoxy groups -OCH3 is 1. The van der Waals surface area contributed by atoms with Crippen molar-refractivity contribution < 1.29 is 18.9 Å². The molecule has 0 aromatic heterocycles. The zero-order valence-electron chi connectivity index (χ0n) is 16.4. The molecule has 0 radical (unpaired) electrons. The molecule has 26 heavy (non-hydrogen) atoms. The van der Waals surface area contributed by atoms with Gasteiger partial charge in [0.15, 0.2) is 17.6 Å². The summed E-state index contributed by atoms with van der Waals surface area (Å²) >= 11 is 0. The molecule has 1 saturated heterocycles. The number of rotatable bonds is 4. The van der Waals surface area contributed by atoms with Crippen molar-refractivity contribution in [2.24, 2.45) is 5.92 Å². The number of ether oxygens (including phenoxy) is 4. The summed E-state index contributed by atoms with van der Waals surface area (Å²) in [6.07, 6.45) is 3.98. The van der Waals surface area contributed by atoms with Gasteiger partial charge >= 0.3 is 0 Å². The summed E-state index contributed by atoms with van der Waals surface area (Å²) in [6.45, 7) is 6.77. The van der Waals surface area contributed by atoms with E-state index in [1.54, 1.807) is 7.11 Å². The SMILES string of the molecule is CNCCC12c3c(C)ccc(OC)c3OC1C1(CCCC2C)OCCO1. The van der Waals surface area contributed by atoms with Crippen LogP contribution >= 0.6 is 0 Å². The lowest BCUT2D eigenvalue weighted by atomic mass is 9.63. The minimum absolute atomic E-state index is 0.141. The van der Waals surface area contributed by atoms with E-state index in [0.717, 1.165) is 43.7 Å². The topological polar surface area (TPSA) is 49.0 Å². The Balaban J connectivity index is 1.94. The van der Waals surface area contributed by atoms with Gasteiger partial charge < -0.3 is 24.3 Å². The van der Waals surface area contributed by atoms with Gasteiger partial charge in [-0.3, -0.25) is 0 Å². The highest BCUT2D eigenvalue weighted by molar-refractivity contribution is 5.58. The predicted octanol–water partition coefficient (Wildman–Crippen LogP) is 3.18. The summed E-state index contributed by atoms with van der Waals surface area (Å²) in [4.78, 5) is 0. The van der Waals surface area contributed by atoms with E-state index in [0.29, 0.717) is 19.1 Å². The Labute approximate surface area is 156 Å². The maximum atomic E-state index is 6.70. The Bertz CT molecular complexity index is 670. The third-order valence-electron chi connectivity index (χ3n) is 6.72. The first-order valence-electron chi connectivity index (χ1n) is 9.86. The van der Waals surface area contributed by atoms with Gasteiger partial charge in [-0.1, -0.05) is 13.0 Å². The van der Waals surface area contributed by atoms with Crippen molar-refractivity contribution in [1.29, 1.82) is 0 Å². The number of aryl methyl sites for hydroxylation is 1. The predicted molar refractivity (Wildman–Crippen MR) is 100 cm³/mol. The Kier molecular flexibility index (Phi) is 4.66. The van der Waals surface area contributed by atoms with Crippen LogP contribution in [0.1, 0.15) is 43.7 Å². The maximum absolute atomic E-state index is 6.70. The molecule has 144 valence electrons. The van der Waals surface area contributed by atoms with E-state index < -0.39 is 5.79 Å². The molecule has 0 amide bonds. The van der Waals surface area contributed by atoms with Crippen molar-refractivity contribution in [2.75, 3.05) is 33.9 Å². The van der Waals surface area contributed by atoms with Crippen molar-refractivity contribution >= 4 is 0 Å². The molecule has 5 nitrogen and oxygen atoms in total. The molecule has 2 fully saturated rings. The molecular weight excluding hydrogens is 330 g/mol. The van der Waals surface area contributed by atoms with Gasteiger partial charge in [-0.05, 0) is 57.3 Å². The van der Waals surface area contributed by atoms with E-state index >= 15 is 0 Å². The fourth-order valence-electron chi connectivity index (χ4n) is 5.50. The molecule has 1 aromatic rings. The standard InChI is InChI=1S/C21H31NO4/c1-14-7-8-16(23-4)18-17(14)20(10-11-22-3)15(2)6-5-9-21(19(20)26-18)24-12-13-25-21/h7-8,15,19,22H,5-6,9-13H2,1-4H3. The molecule has 3 atom stereocenters. The first-order valence-corrected chi connectivity index (χ1v) is 9.86. The smallest absolute Gasteiger partial charge is 0.206 e. The molecule has 5 heteroatoms. The number of hydrogen-bond acceptors (Lipinski definition) is 5. The summed E-state index contributed by atoms with van der Waals surface area (Å²) in [5.41, 5.74) is 2.42. The second kappa shape index (κ2) is 6.70. The van der Waals surface area contributed by atoms with E-state index in [1.807, 2.05) is 13.1 Å². The van der Waals surface area contributed by atoms with Gasteiger partial charge in [0.25, 0.3) is 0 Å². The quantitative estimate of drug-likeness (QED) is 0.893. The van der Waals surface area contributed by atoms with Crippen molar-refractivity contribution in [3.63, 3.8) is 0 Å². The highest BCUT2D eigenvalue weighted by Crippen LogP contribution is 2.60. The van der Waals surface area contributed by atoms with Crippen LogP contribution in [0.5, 0.6) is 11.5 Å². The number of nitrogens with one attached hydrogen (secondary N) is 1. The molecule has 1 saturated carbocycles. The van der Waals surface area contributed by atoms with Gasteiger partial charge in [0.2, 0.25) is 5.79 Å². The molecule has 2 aliphatic heterocycles. The van der Waals surface area contributed by atoms with Gasteiger partial charge in [-0.15, -0.1) is 0 Å². The van der Waals surface area contributed by atoms with Crippen LogP contribution in [0.2, 0.25) is 0 Å². The van der Waals surface area contributed by atoms with E-state index in [1.165, 1.54) is 11.1 Å². The molecule has 0 bridgehead atoms. The second-order valence-electron chi connectivity index (χ2n) is 7.98.